The third-order valence-electron chi connectivity index (χ3n) is 2.28. The molecule has 0 aliphatic rings. The van der Waals surface area contributed by atoms with E-state index < -0.39 is 0 Å². The maximum Gasteiger partial charge on any atom is 0.0667 e. The summed E-state index contributed by atoms with van der Waals surface area (Å²) in [5.74, 6) is 0. The molecule has 0 spiro atoms. The minimum Gasteiger partial charge on any atom is -0.380 e. The fourth-order valence-electron chi connectivity index (χ4n) is 1.29. The molecule has 1 rings (SSSR count). The Kier molecular flexibility index (Phi) is 5.15. The Bertz CT molecular complexity index is 235. The Balaban J connectivity index is 2.19. The first-order valence-electron chi connectivity index (χ1n) is 4.99. The minimum atomic E-state index is 0.292. The van der Waals surface area contributed by atoms with E-state index in [2.05, 4.69) is 36.0 Å². The zero-order valence-corrected chi connectivity index (χ0v) is 9.93. The van der Waals surface area contributed by atoms with Crippen LogP contribution >= 0.6 is 11.3 Å². The van der Waals surface area contributed by atoms with Crippen molar-refractivity contribution in [3.05, 3.63) is 22.4 Å². The van der Waals surface area contributed by atoms with E-state index in [1.54, 1.807) is 18.4 Å². The fraction of sp³-hybridized carbons (Fsp3) is 0.636. The molecule has 2 atom stereocenters. The maximum absolute atomic E-state index is 5.18. The van der Waals surface area contributed by atoms with Gasteiger partial charge in [-0.25, -0.2) is 0 Å². The second kappa shape index (κ2) is 6.17. The zero-order valence-electron chi connectivity index (χ0n) is 9.12. The van der Waals surface area contributed by atoms with Gasteiger partial charge in [0.15, 0.2) is 0 Å². The van der Waals surface area contributed by atoms with Crippen molar-refractivity contribution in [1.82, 2.24) is 5.32 Å². The largest absolute Gasteiger partial charge is 0.380 e. The van der Waals surface area contributed by atoms with Crippen LogP contribution in [0.15, 0.2) is 16.8 Å². The SMILES string of the molecule is COC(C)CNC(C)Cc1ccsc1. The molecule has 14 heavy (non-hydrogen) atoms. The average Bonchev–Trinajstić information content (AvgIpc) is 2.66. The second-order valence-electron chi connectivity index (χ2n) is 3.69. The lowest BCUT2D eigenvalue weighted by Gasteiger charge is -2.16. The summed E-state index contributed by atoms with van der Waals surface area (Å²) in [5, 5.41) is 7.78. The highest BCUT2D eigenvalue weighted by molar-refractivity contribution is 7.07. The Labute approximate surface area is 90.3 Å². The number of ether oxygens (including phenoxy) is 1. The Morgan fingerprint density at radius 2 is 2.29 bits per heavy atom. The molecule has 0 radical (unpaired) electrons. The van der Waals surface area contributed by atoms with Crippen LogP contribution in [0.3, 0.4) is 0 Å². The summed E-state index contributed by atoms with van der Waals surface area (Å²) in [4.78, 5) is 0. The first-order valence-corrected chi connectivity index (χ1v) is 5.94. The molecule has 1 N–H and O–H groups in total. The third-order valence-corrected chi connectivity index (χ3v) is 3.01. The molecule has 1 aromatic heterocycles. The summed E-state index contributed by atoms with van der Waals surface area (Å²) in [7, 11) is 1.75. The van der Waals surface area contributed by atoms with E-state index in [0.29, 0.717) is 12.1 Å². The van der Waals surface area contributed by atoms with Gasteiger partial charge in [0.05, 0.1) is 6.10 Å². The van der Waals surface area contributed by atoms with E-state index in [9.17, 15) is 0 Å². The average molecular weight is 213 g/mol. The lowest BCUT2D eigenvalue weighted by atomic mass is 10.1. The Morgan fingerprint density at radius 1 is 1.50 bits per heavy atom. The summed E-state index contributed by atoms with van der Waals surface area (Å²) in [6, 6.07) is 2.70. The minimum absolute atomic E-state index is 0.292. The molecule has 2 unspecified atom stereocenters. The molecule has 1 heterocycles. The molecule has 0 fully saturated rings. The molecule has 0 aliphatic heterocycles. The first kappa shape index (κ1) is 11.7. The van der Waals surface area contributed by atoms with Crippen LogP contribution in [0.2, 0.25) is 0 Å². The molecule has 3 heteroatoms. The predicted octanol–water partition coefficient (Wildman–Crippen LogP) is 2.30. The van der Waals surface area contributed by atoms with Gasteiger partial charge >= 0.3 is 0 Å². The van der Waals surface area contributed by atoms with Crippen LogP contribution in [0.1, 0.15) is 19.4 Å². The molecule has 2 nitrogen and oxygen atoms in total. The van der Waals surface area contributed by atoms with Gasteiger partial charge in [-0.05, 0) is 42.7 Å². The van der Waals surface area contributed by atoms with E-state index in [4.69, 9.17) is 4.74 Å². The van der Waals surface area contributed by atoms with Crippen LogP contribution < -0.4 is 5.32 Å². The van der Waals surface area contributed by atoms with Crippen molar-refractivity contribution in [1.29, 1.82) is 0 Å². The molecule has 0 amide bonds. The molecule has 0 bridgehead atoms. The number of hydrogen-bond donors (Lipinski definition) is 1. The molecule has 0 aliphatic carbocycles. The van der Waals surface area contributed by atoms with Crippen molar-refractivity contribution in [3.63, 3.8) is 0 Å². The number of nitrogens with one attached hydrogen (secondary N) is 1. The van der Waals surface area contributed by atoms with Crippen LogP contribution in [0.4, 0.5) is 0 Å². The van der Waals surface area contributed by atoms with Gasteiger partial charge < -0.3 is 10.1 Å². The monoisotopic (exact) mass is 213 g/mol. The van der Waals surface area contributed by atoms with E-state index in [-0.39, 0.29) is 0 Å². The predicted molar refractivity (Wildman–Crippen MR) is 62.0 cm³/mol. The standard InChI is InChI=1S/C11H19NOS/c1-9(12-7-10(2)13-3)6-11-4-5-14-8-11/h4-5,8-10,12H,6-7H2,1-3H3. The third kappa shape index (κ3) is 4.22. The number of rotatable bonds is 6. The van der Waals surface area contributed by atoms with Crippen molar-refractivity contribution in [2.24, 2.45) is 0 Å². The molecular weight excluding hydrogens is 194 g/mol. The summed E-state index contributed by atoms with van der Waals surface area (Å²) >= 11 is 1.76. The smallest absolute Gasteiger partial charge is 0.0667 e. The second-order valence-corrected chi connectivity index (χ2v) is 4.47. The molecule has 0 saturated heterocycles. The van der Waals surface area contributed by atoms with Gasteiger partial charge in [0.2, 0.25) is 0 Å². The van der Waals surface area contributed by atoms with Gasteiger partial charge in [-0.1, -0.05) is 0 Å². The quantitative estimate of drug-likeness (QED) is 0.783. The molecule has 1 aromatic rings. The van der Waals surface area contributed by atoms with Crippen molar-refractivity contribution in [2.45, 2.75) is 32.4 Å². The van der Waals surface area contributed by atoms with E-state index >= 15 is 0 Å². The van der Waals surface area contributed by atoms with Gasteiger partial charge in [0.25, 0.3) is 0 Å². The van der Waals surface area contributed by atoms with Gasteiger partial charge in [0.1, 0.15) is 0 Å². The van der Waals surface area contributed by atoms with Crippen molar-refractivity contribution >= 4 is 11.3 Å². The summed E-state index contributed by atoms with van der Waals surface area (Å²) < 4.78 is 5.18. The lowest BCUT2D eigenvalue weighted by Crippen LogP contribution is -2.34. The highest BCUT2D eigenvalue weighted by atomic mass is 32.1. The zero-order chi connectivity index (χ0) is 10.4. The van der Waals surface area contributed by atoms with E-state index in [1.165, 1.54) is 5.56 Å². The molecule has 0 saturated carbocycles. The molecule has 80 valence electrons. The summed E-state index contributed by atoms with van der Waals surface area (Å²) in [6.45, 7) is 5.20. The van der Waals surface area contributed by atoms with Gasteiger partial charge in [-0.3, -0.25) is 0 Å². The highest BCUT2D eigenvalue weighted by Gasteiger charge is 2.05. The van der Waals surface area contributed by atoms with Crippen molar-refractivity contribution in [3.8, 4) is 0 Å². The number of methoxy groups -OCH3 is 1. The van der Waals surface area contributed by atoms with Crippen molar-refractivity contribution in [2.75, 3.05) is 13.7 Å². The van der Waals surface area contributed by atoms with Gasteiger partial charge in [-0.15, -0.1) is 0 Å². The maximum atomic E-state index is 5.18. The first-order chi connectivity index (χ1) is 6.72. The van der Waals surface area contributed by atoms with E-state index in [0.717, 1.165) is 13.0 Å². The number of thiophene rings is 1. The lowest BCUT2D eigenvalue weighted by molar-refractivity contribution is 0.115. The fourth-order valence-corrected chi connectivity index (χ4v) is 1.97. The summed E-state index contributed by atoms with van der Waals surface area (Å²) in [5.41, 5.74) is 1.42. The van der Waals surface area contributed by atoms with Crippen LogP contribution in [-0.2, 0) is 11.2 Å². The van der Waals surface area contributed by atoms with Crippen molar-refractivity contribution < 1.29 is 4.74 Å². The highest BCUT2D eigenvalue weighted by Crippen LogP contribution is 2.08. The van der Waals surface area contributed by atoms with Crippen LogP contribution in [0.25, 0.3) is 0 Å². The van der Waals surface area contributed by atoms with Gasteiger partial charge in [0, 0.05) is 19.7 Å². The van der Waals surface area contributed by atoms with Crippen LogP contribution in [-0.4, -0.2) is 25.8 Å². The Hall–Kier alpha value is -0.380. The molecule has 0 aromatic carbocycles. The Morgan fingerprint density at radius 3 is 2.86 bits per heavy atom. The summed E-state index contributed by atoms with van der Waals surface area (Å²) in [6.07, 6.45) is 1.39. The van der Waals surface area contributed by atoms with Gasteiger partial charge in [-0.2, -0.15) is 11.3 Å². The number of hydrogen-bond acceptors (Lipinski definition) is 3. The van der Waals surface area contributed by atoms with Crippen LogP contribution in [0, 0.1) is 0 Å². The normalized spacial score (nSPS) is 15.4. The van der Waals surface area contributed by atoms with E-state index in [1.807, 2.05) is 0 Å². The van der Waals surface area contributed by atoms with Crippen LogP contribution in [0.5, 0.6) is 0 Å². The topological polar surface area (TPSA) is 21.3 Å². The molecular formula is C11H19NOS.